The number of allylic oxidation sites excluding steroid dienone is 3. The van der Waals surface area contributed by atoms with Crippen LogP contribution in [0.25, 0.3) is 10.2 Å². The SMILES string of the molecule is CC(=O)C1=C(C)NC(C2CC2)=C(C(=O)OCC2CC2)C1c1csc2ncccc12. The van der Waals surface area contributed by atoms with Crippen LogP contribution in [0.15, 0.2) is 46.2 Å². The van der Waals surface area contributed by atoms with Crippen molar-refractivity contribution in [2.24, 2.45) is 11.8 Å². The summed E-state index contributed by atoms with van der Waals surface area (Å²) in [5.41, 5.74) is 4.03. The van der Waals surface area contributed by atoms with E-state index in [1.54, 1.807) is 24.5 Å². The van der Waals surface area contributed by atoms with Crippen LogP contribution in [0.5, 0.6) is 0 Å². The number of fused-ring (bicyclic) bond motifs is 1. The first-order chi connectivity index (χ1) is 14.0. The lowest BCUT2D eigenvalue weighted by Crippen LogP contribution is -2.33. The largest absolute Gasteiger partial charge is 0.462 e. The molecule has 0 spiro atoms. The van der Waals surface area contributed by atoms with Gasteiger partial charge in [-0.2, -0.15) is 0 Å². The van der Waals surface area contributed by atoms with E-state index in [1.165, 1.54) is 0 Å². The molecule has 6 heteroatoms. The minimum absolute atomic E-state index is 0.0226. The summed E-state index contributed by atoms with van der Waals surface area (Å²) in [6.45, 7) is 3.98. The van der Waals surface area contributed by atoms with Crippen molar-refractivity contribution in [3.8, 4) is 0 Å². The van der Waals surface area contributed by atoms with Gasteiger partial charge >= 0.3 is 5.97 Å². The fourth-order valence-corrected chi connectivity index (χ4v) is 5.16. The molecule has 0 amide bonds. The molecule has 0 bridgehead atoms. The maximum atomic E-state index is 13.3. The van der Waals surface area contributed by atoms with Crippen LogP contribution >= 0.6 is 11.3 Å². The van der Waals surface area contributed by atoms with Gasteiger partial charge in [-0.25, -0.2) is 9.78 Å². The van der Waals surface area contributed by atoms with Crippen molar-refractivity contribution < 1.29 is 14.3 Å². The number of hydrogen-bond donors (Lipinski definition) is 1. The molecular formula is C23H24N2O3S. The number of ketones is 1. The summed E-state index contributed by atoms with van der Waals surface area (Å²) < 4.78 is 5.73. The van der Waals surface area contributed by atoms with Crippen LogP contribution in [0.3, 0.4) is 0 Å². The number of Topliss-reactive ketones (excluding diaryl/α,β-unsaturated/α-hetero) is 1. The maximum absolute atomic E-state index is 13.3. The van der Waals surface area contributed by atoms with Gasteiger partial charge in [0.2, 0.25) is 0 Å². The molecule has 2 fully saturated rings. The molecule has 1 N–H and O–H groups in total. The Morgan fingerprint density at radius 1 is 1.24 bits per heavy atom. The Kier molecular flexibility index (Phi) is 4.54. The quantitative estimate of drug-likeness (QED) is 0.715. The third kappa shape index (κ3) is 3.39. The van der Waals surface area contributed by atoms with E-state index in [2.05, 4.69) is 10.3 Å². The van der Waals surface area contributed by atoms with Crippen LogP contribution in [0, 0.1) is 11.8 Å². The Labute approximate surface area is 173 Å². The zero-order chi connectivity index (χ0) is 20.1. The highest BCUT2D eigenvalue weighted by Gasteiger charge is 2.42. The summed E-state index contributed by atoms with van der Waals surface area (Å²) in [7, 11) is 0. The van der Waals surface area contributed by atoms with E-state index in [4.69, 9.17) is 4.74 Å². The number of nitrogens with zero attached hydrogens (tertiary/aromatic N) is 1. The summed E-state index contributed by atoms with van der Waals surface area (Å²) in [4.78, 5) is 31.4. The molecule has 2 aliphatic carbocycles. The van der Waals surface area contributed by atoms with E-state index in [0.717, 1.165) is 52.9 Å². The van der Waals surface area contributed by atoms with Crippen LogP contribution in [0.1, 0.15) is 51.0 Å². The maximum Gasteiger partial charge on any atom is 0.336 e. The van der Waals surface area contributed by atoms with Crippen LogP contribution in [-0.2, 0) is 14.3 Å². The third-order valence-electron chi connectivity index (χ3n) is 6.02. The van der Waals surface area contributed by atoms with Crippen LogP contribution in [-0.4, -0.2) is 23.3 Å². The minimum atomic E-state index is -0.408. The van der Waals surface area contributed by atoms with Gasteiger partial charge in [0, 0.05) is 34.5 Å². The average Bonchev–Trinajstić information content (AvgIpc) is 3.62. The molecule has 0 radical (unpaired) electrons. The molecule has 0 aromatic carbocycles. The van der Waals surface area contributed by atoms with E-state index in [9.17, 15) is 9.59 Å². The molecule has 2 saturated carbocycles. The highest BCUT2D eigenvalue weighted by atomic mass is 32.1. The van der Waals surface area contributed by atoms with Crippen molar-refractivity contribution in [3.05, 3.63) is 51.8 Å². The predicted molar refractivity (Wildman–Crippen MR) is 112 cm³/mol. The Balaban J connectivity index is 1.66. The lowest BCUT2D eigenvalue weighted by atomic mass is 9.78. The molecule has 1 atom stereocenters. The zero-order valence-corrected chi connectivity index (χ0v) is 17.5. The van der Waals surface area contributed by atoms with E-state index in [0.29, 0.717) is 29.6 Å². The molecule has 2 aromatic heterocycles. The predicted octanol–water partition coefficient (Wildman–Crippen LogP) is 4.46. The minimum Gasteiger partial charge on any atom is -0.462 e. The first-order valence-corrected chi connectivity index (χ1v) is 11.1. The normalized spacial score (nSPS) is 22.1. The van der Waals surface area contributed by atoms with Gasteiger partial charge < -0.3 is 10.1 Å². The molecule has 29 heavy (non-hydrogen) atoms. The lowest BCUT2D eigenvalue weighted by molar-refractivity contribution is -0.139. The van der Waals surface area contributed by atoms with Crippen molar-refractivity contribution in [1.82, 2.24) is 10.3 Å². The number of thiophene rings is 1. The topological polar surface area (TPSA) is 68.3 Å². The van der Waals surface area contributed by atoms with Gasteiger partial charge in [0.25, 0.3) is 0 Å². The van der Waals surface area contributed by atoms with Crippen LogP contribution < -0.4 is 5.32 Å². The number of rotatable bonds is 6. The number of carbonyl (C=O) groups is 2. The fourth-order valence-electron chi connectivity index (χ4n) is 4.22. The highest BCUT2D eigenvalue weighted by Crippen LogP contribution is 2.48. The molecule has 1 unspecified atom stereocenters. The number of ether oxygens (including phenoxy) is 1. The number of pyridine rings is 1. The summed E-state index contributed by atoms with van der Waals surface area (Å²) in [5.74, 6) is 0.118. The summed E-state index contributed by atoms with van der Waals surface area (Å²) >= 11 is 1.55. The molecule has 1 aliphatic heterocycles. The van der Waals surface area contributed by atoms with Gasteiger partial charge in [-0.05, 0) is 68.4 Å². The molecule has 5 nitrogen and oxygen atoms in total. The molecule has 5 rings (SSSR count). The summed E-state index contributed by atoms with van der Waals surface area (Å²) in [5, 5.41) is 6.45. The number of hydrogen-bond acceptors (Lipinski definition) is 6. The number of carbonyl (C=O) groups excluding carboxylic acids is 2. The average molecular weight is 409 g/mol. The lowest BCUT2D eigenvalue weighted by Gasteiger charge is -2.31. The van der Waals surface area contributed by atoms with E-state index >= 15 is 0 Å². The highest BCUT2D eigenvalue weighted by molar-refractivity contribution is 7.16. The molecule has 3 heterocycles. The van der Waals surface area contributed by atoms with Gasteiger partial charge in [-0.1, -0.05) is 6.07 Å². The van der Waals surface area contributed by atoms with Crippen molar-refractivity contribution >= 4 is 33.3 Å². The second kappa shape index (κ2) is 7.10. The molecular weight excluding hydrogens is 384 g/mol. The Morgan fingerprint density at radius 2 is 2.03 bits per heavy atom. The van der Waals surface area contributed by atoms with Gasteiger partial charge in [-0.15, -0.1) is 11.3 Å². The number of esters is 1. The second-order valence-corrected chi connectivity index (χ2v) is 9.20. The summed E-state index contributed by atoms with van der Waals surface area (Å²) in [6, 6.07) is 3.92. The van der Waals surface area contributed by atoms with E-state index in [1.807, 2.05) is 24.4 Å². The fraction of sp³-hybridized carbons (Fsp3) is 0.435. The molecule has 2 aromatic rings. The zero-order valence-electron chi connectivity index (χ0n) is 16.7. The van der Waals surface area contributed by atoms with Crippen molar-refractivity contribution in [2.75, 3.05) is 6.61 Å². The number of aromatic nitrogens is 1. The third-order valence-corrected chi connectivity index (χ3v) is 6.94. The van der Waals surface area contributed by atoms with E-state index in [-0.39, 0.29) is 11.8 Å². The Bertz CT molecular complexity index is 1070. The smallest absolute Gasteiger partial charge is 0.336 e. The first kappa shape index (κ1) is 18.6. The standard InChI is InChI=1S/C23H24N2O3S/c1-12-18(13(2)26)19(17-11-29-22-16(17)4-3-9-24-22)20(21(25-12)15-7-8-15)23(27)28-10-14-5-6-14/h3-4,9,11,14-15,19,25H,5-8,10H2,1-2H3. The van der Waals surface area contributed by atoms with Crippen LogP contribution in [0.2, 0.25) is 0 Å². The number of nitrogens with one attached hydrogen (secondary N) is 1. The van der Waals surface area contributed by atoms with Crippen molar-refractivity contribution in [2.45, 2.75) is 45.4 Å². The first-order valence-electron chi connectivity index (χ1n) is 10.3. The van der Waals surface area contributed by atoms with Gasteiger partial charge in [-0.3, -0.25) is 4.79 Å². The molecule has 3 aliphatic rings. The van der Waals surface area contributed by atoms with Crippen molar-refractivity contribution in [3.63, 3.8) is 0 Å². The Hall–Kier alpha value is -2.47. The van der Waals surface area contributed by atoms with Gasteiger partial charge in [0.05, 0.1) is 12.2 Å². The molecule has 150 valence electrons. The van der Waals surface area contributed by atoms with Crippen LogP contribution in [0.4, 0.5) is 0 Å². The van der Waals surface area contributed by atoms with E-state index < -0.39 is 5.92 Å². The monoisotopic (exact) mass is 408 g/mol. The van der Waals surface area contributed by atoms with Gasteiger partial charge in [0.15, 0.2) is 5.78 Å². The second-order valence-electron chi connectivity index (χ2n) is 8.34. The van der Waals surface area contributed by atoms with Gasteiger partial charge in [0.1, 0.15) is 4.83 Å². The Morgan fingerprint density at radius 3 is 2.72 bits per heavy atom. The number of dihydropyridines is 1. The molecule has 0 saturated heterocycles. The summed E-state index contributed by atoms with van der Waals surface area (Å²) in [6.07, 6.45) is 6.14. The van der Waals surface area contributed by atoms with Crippen molar-refractivity contribution in [1.29, 1.82) is 0 Å².